The third-order valence-corrected chi connectivity index (χ3v) is 7.39. The molecular weight excluding hydrogens is 525 g/mol. The van der Waals surface area contributed by atoms with Crippen LogP contribution in [0, 0.1) is 6.92 Å². The molecule has 10 heteroatoms. The van der Waals surface area contributed by atoms with Gasteiger partial charge in [-0.15, -0.1) is 0 Å². The second-order valence-corrected chi connectivity index (χ2v) is 11.4. The third kappa shape index (κ3) is 8.95. The fourth-order valence-corrected chi connectivity index (χ4v) is 4.94. The number of rotatable bonds is 7. The van der Waals surface area contributed by atoms with E-state index in [4.69, 9.17) is 0 Å². The van der Waals surface area contributed by atoms with Gasteiger partial charge >= 0.3 is 6.18 Å². The first kappa shape index (κ1) is 32.1. The molecule has 1 aromatic carbocycles. The van der Waals surface area contributed by atoms with Crippen LogP contribution in [0.15, 0.2) is 70.6 Å². The molecule has 39 heavy (non-hydrogen) atoms. The van der Waals surface area contributed by atoms with Crippen LogP contribution in [-0.2, 0) is 16.0 Å². The zero-order valence-electron chi connectivity index (χ0n) is 23.5. The van der Waals surface area contributed by atoms with Crippen molar-refractivity contribution in [3.63, 3.8) is 0 Å². The standard InChI is InChI=1S/C26H31F3N4O2S.C3H8/c1-5-23(36(4,34)35)17-31-25(6-2)32-15-12-22(13-16-32)33(24-18-30-14-11-19(24)3)21-9-7-20(8-10-21)26(27,28)29;1-3-2/h5-11,14,17-18,22H,12-13,15-16H2,1-4H3;3H2,1-2H3/b23-5+,25-6-,31-17-;. The van der Waals surface area contributed by atoms with Gasteiger partial charge in [0.1, 0.15) is 5.82 Å². The predicted octanol–water partition coefficient (Wildman–Crippen LogP) is 7.31. The van der Waals surface area contributed by atoms with E-state index in [-0.39, 0.29) is 10.9 Å². The Morgan fingerprint density at radius 2 is 1.69 bits per heavy atom. The SMILES string of the molecule is C/C=C(/N=C\C(=C/C)S(C)(=O)=O)N1CCC(N(c2ccc(C(F)(F)F)cc2)c2cnccc2C)CC1.CCC. The van der Waals surface area contributed by atoms with E-state index in [9.17, 15) is 21.6 Å². The van der Waals surface area contributed by atoms with E-state index in [2.05, 4.69) is 33.6 Å². The summed E-state index contributed by atoms with van der Waals surface area (Å²) in [5.74, 6) is 0.676. The fourth-order valence-electron chi connectivity index (χ4n) is 4.27. The van der Waals surface area contributed by atoms with Gasteiger partial charge in [-0.2, -0.15) is 13.2 Å². The van der Waals surface area contributed by atoms with Crippen molar-refractivity contribution in [3.05, 3.63) is 76.7 Å². The van der Waals surface area contributed by atoms with Crippen molar-refractivity contribution in [2.24, 2.45) is 4.99 Å². The number of alkyl halides is 3. The molecule has 0 radical (unpaired) electrons. The number of nitrogens with zero attached hydrogens (tertiary/aromatic N) is 4. The summed E-state index contributed by atoms with van der Waals surface area (Å²) < 4.78 is 63.1. The highest BCUT2D eigenvalue weighted by Crippen LogP contribution is 2.36. The highest BCUT2D eigenvalue weighted by molar-refractivity contribution is 7.95. The summed E-state index contributed by atoms with van der Waals surface area (Å²) in [4.78, 5) is 13.0. The second-order valence-electron chi connectivity index (χ2n) is 9.37. The summed E-state index contributed by atoms with van der Waals surface area (Å²) >= 11 is 0. The fraction of sp³-hybridized carbons (Fsp3) is 0.448. The Kier molecular flexibility index (Phi) is 11.8. The molecule has 0 amide bonds. The molecule has 1 fully saturated rings. The number of halogens is 3. The molecule has 0 N–H and O–H groups in total. The molecule has 1 aliphatic heterocycles. The van der Waals surface area contributed by atoms with Crippen LogP contribution in [0.5, 0.6) is 0 Å². The maximum absolute atomic E-state index is 13.1. The lowest BCUT2D eigenvalue weighted by Crippen LogP contribution is -2.43. The van der Waals surface area contributed by atoms with E-state index in [1.54, 1.807) is 19.3 Å². The maximum atomic E-state index is 13.1. The number of hydrogen-bond acceptors (Lipinski definition) is 6. The normalized spacial score (nSPS) is 15.8. The largest absolute Gasteiger partial charge is 0.416 e. The van der Waals surface area contributed by atoms with Crippen LogP contribution >= 0.6 is 0 Å². The topological polar surface area (TPSA) is 65.9 Å². The van der Waals surface area contributed by atoms with E-state index in [1.165, 1.54) is 30.8 Å². The van der Waals surface area contributed by atoms with Crippen molar-refractivity contribution in [1.29, 1.82) is 0 Å². The zero-order chi connectivity index (χ0) is 29.2. The number of sulfone groups is 1. The Balaban J connectivity index is 0.00000170. The van der Waals surface area contributed by atoms with Crippen LogP contribution in [0.4, 0.5) is 24.5 Å². The van der Waals surface area contributed by atoms with Gasteiger partial charge in [-0.3, -0.25) is 4.98 Å². The Bertz CT molecular complexity index is 1260. The number of likely N-dealkylation sites (tertiary alicyclic amines) is 1. The Hall–Kier alpha value is -3.14. The highest BCUT2D eigenvalue weighted by atomic mass is 32.2. The third-order valence-electron chi connectivity index (χ3n) is 6.19. The molecule has 6 nitrogen and oxygen atoms in total. The number of anilines is 2. The molecule has 0 unspecified atom stereocenters. The molecule has 1 aromatic heterocycles. The first-order valence-corrected chi connectivity index (χ1v) is 14.9. The van der Waals surface area contributed by atoms with Gasteiger partial charge in [-0.25, -0.2) is 13.4 Å². The van der Waals surface area contributed by atoms with Gasteiger partial charge in [-0.05, 0) is 75.6 Å². The van der Waals surface area contributed by atoms with Crippen molar-refractivity contribution < 1.29 is 21.6 Å². The number of piperidine rings is 1. The molecule has 0 bridgehead atoms. The van der Waals surface area contributed by atoms with Gasteiger partial charge in [-0.1, -0.05) is 26.3 Å². The minimum atomic E-state index is -4.40. The molecule has 1 aliphatic rings. The number of aromatic nitrogens is 1. The van der Waals surface area contributed by atoms with E-state index in [1.807, 2.05) is 26.0 Å². The van der Waals surface area contributed by atoms with Crippen molar-refractivity contribution in [2.75, 3.05) is 24.2 Å². The van der Waals surface area contributed by atoms with Gasteiger partial charge in [0.15, 0.2) is 9.84 Å². The molecule has 0 atom stereocenters. The number of aliphatic imine (C=N–C) groups is 1. The summed E-state index contributed by atoms with van der Waals surface area (Å²) in [5, 5.41) is 0. The van der Waals surface area contributed by atoms with E-state index >= 15 is 0 Å². The van der Waals surface area contributed by atoms with Crippen LogP contribution in [0.2, 0.25) is 0 Å². The van der Waals surface area contributed by atoms with Gasteiger partial charge in [0.25, 0.3) is 0 Å². The van der Waals surface area contributed by atoms with Gasteiger partial charge in [0.2, 0.25) is 0 Å². The van der Waals surface area contributed by atoms with E-state index in [0.29, 0.717) is 24.6 Å². The summed E-state index contributed by atoms with van der Waals surface area (Å²) in [6.45, 7) is 11.0. The zero-order valence-corrected chi connectivity index (χ0v) is 24.4. The number of hydrogen-bond donors (Lipinski definition) is 0. The Morgan fingerprint density at radius 3 is 2.15 bits per heavy atom. The highest BCUT2D eigenvalue weighted by Gasteiger charge is 2.32. The van der Waals surface area contributed by atoms with Crippen molar-refractivity contribution in [3.8, 4) is 0 Å². The monoisotopic (exact) mass is 564 g/mol. The van der Waals surface area contributed by atoms with E-state index < -0.39 is 21.6 Å². The quantitative estimate of drug-likeness (QED) is 0.330. The number of allylic oxidation sites excluding steroid dienone is 3. The van der Waals surface area contributed by atoms with Crippen molar-refractivity contribution in [2.45, 2.75) is 66.1 Å². The van der Waals surface area contributed by atoms with Crippen LogP contribution in [0.1, 0.15) is 58.1 Å². The van der Waals surface area contributed by atoms with Crippen LogP contribution in [-0.4, -0.2) is 49.9 Å². The minimum absolute atomic E-state index is 0.0325. The smallest absolute Gasteiger partial charge is 0.357 e. The molecule has 3 rings (SSSR count). The van der Waals surface area contributed by atoms with Crippen LogP contribution in [0.3, 0.4) is 0 Å². The lowest BCUT2D eigenvalue weighted by Gasteiger charge is -2.41. The molecule has 2 aromatic rings. The number of pyridine rings is 1. The first-order valence-electron chi connectivity index (χ1n) is 13.1. The molecule has 214 valence electrons. The molecule has 0 spiro atoms. The molecule has 0 aliphatic carbocycles. The summed E-state index contributed by atoms with van der Waals surface area (Å²) in [7, 11) is -3.36. The Morgan fingerprint density at radius 1 is 1.10 bits per heavy atom. The first-order chi connectivity index (χ1) is 18.4. The molecule has 1 saturated heterocycles. The van der Waals surface area contributed by atoms with Gasteiger partial charge < -0.3 is 9.80 Å². The average Bonchev–Trinajstić information content (AvgIpc) is 2.88. The second kappa shape index (κ2) is 14.3. The van der Waals surface area contributed by atoms with Gasteiger partial charge in [0, 0.05) is 43.5 Å². The lowest BCUT2D eigenvalue weighted by atomic mass is 10.00. The molecule has 0 saturated carbocycles. The number of benzene rings is 1. The molecule has 2 heterocycles. The maximum Gasteiger partial charge on any atom is 0.416 e. The summed E-state index contributed by atoms with van der Waals surface area (Å²) in [5.41, 5.74) is 1.82. The summed E-state index contributed by atoms with van der Waals surface area (Å²) in [6, 6.07) is 7.15. The minimum Gasteiger partial charge on any atom is -0.357 e. The van der Waals surface area contributed by atoms with E-state index in [0.717, 1.165) is 42.5 Å². The number of aryl methyl sites for hydroxylation is 1. The average molecular weight is 565 g/mol. The Labute approximate surface area is 230 Å². The van der Waals surface area contributed by atoms with Crippen molar-refractivity contribution >= 4 is 27.4 Å². The lowest BCUT2D eigenvalue weighted by molar-refractivity contribution is -0.137. The summed E-state index contributed by atoms with van der Waals surface area (Å²) in [6.07, 6.45) is 7.60. The molecular formula is C29H39F3N4O2S. The van der Waals surface area contributed by atoms with Crippen LogP contribution in [0.25, 0.3) is 0 Å². The predicted molar refractivity (Wildman–Crippen MR) is 154 cm³/mol. The van der Waals surface area contributed by atoms with Crippen LogP contribution < -0.4 is 4.90 Å². The van der Waals surface area contributed by atoms with Gasteiger partial charge in [0.05, 0.1) is 22.4 Å². The van der Waals surface area contributed by atoms with Crippen molar-refractivity contribution in [1.82, 2.24) is 9.88 Å².